The molecule has 8 heteroatoms. The molecule has 20 heavy (non-hydrogen) atoms. The molecule has 8 nitrogen and oxygen atoms in total. The van der Waals surface area contributed by atoms with Crippen LogP contribution in [0.2, 0.25) is 0 Å². The van der Waals surface area contributed by atoms with Crippen LogP contribution >= 0.6 is 0 Å². The third kappa shape index (κ3) is 2.81. The average molecular weight is 281 g/mol. The maximum Gasteiger partial charge on any atom is 0.330 e. The van der Waals surface area contributed by atoms with Gasteiger partial charge in [0.1, 0.15) is 18.4 Å². The van der Waals surface area contributed by atoms with Crippen molar-refractivity contribution in [1.82, 2.24) is 9.55 Å². The molecular weight excluding hydrogens is 266 g/mol. The molecule has 0 spiro atoms. The highest BCUT2D eigenvalue weighted by Crippen LogP contribution is 2.30. The lowest BCUT2D eigenvalue weighted by atomic mass is 10.1. The van der Waals surface area contributed by atoms with E-state index in [0.717, 1.165) is 0 Å². The number of aliphatic hydroxyl groups excluding tert-OH is 1. The number of rotatable bonds is 4. The van der Waals surface area contributed by atoms with Gasteiger partial charge in [-0.3, -0.25) is 19.2 Å². The van der Waals surface area contributed by atoms with Crippen LogP contribution in [0.5, 0.6) is 0 Å². The van der Waals surface area contributed by atoms with Crippen LogP contribution in [0.1, 0.15) is 19.1 Å². The number of nitrogens with two attached hydrogens (primary N) is 1. The van der Waals surface area contributed by atoms with Crippen LogP contribution in [0.3, 0.4) is 0 Å². The van der Waals surface area contributed by atoms with Crippen molar-refractivity contribution in [3.05, 3.63) is 33.1 Å². The van der Waals surface area contributed by atoms with Crippen molar-refractivity contribution < 1.29 is 14.7 Å². The van der Waals surface area contributed by atoms with Crippen molar-refractivity contribution in [3.8, 4) is 12.3 Å². The normalized spacial score (nSPS) is 27.1. The molecule has 1 unspecified atom stereocenters. The predicted molar refractivity (Wildman–Crippen MR) is 68.4 cm³/mol. The number of nitrogens with one attached hydrogen (secondary N) is 1. The lowest BCUT2D eigenvalue weighted by Crippen LogP contribution is -2.38. The van der Waals surface area contributed by atoms with E-state index in [1.165, 1.54) is 16.8 Å². The molecule has 0 bridgehead atoms. The summed E-state index contributed by atoms with van der Waals surface area (Å²) in [5.74, 6) is 7.51. The van der Waals surface area contributed by atoms with E-state index in [-0.39, 0.29) is 12.8 Å². The second kappa shape index (κ2) is 6.02. The molecule has 2 rings (SSSR count). The fourth-order valence-corrected chi connectivity index (χ4v) is 2.19. The van der Waals surface area contributed by atoms with E-state index in [4.69, 9.17) is 21.9 Å². The lowest BCUT2D eigenvalue weighted by Gasteiger charge is -2.22. The molecule has 2 heterocycles. The number of nitrogens with zero attached hydrogens (tertiary/aromatic N) is 1. The van der Waals surface area contributed by atoms with E-state index >= 15 is 0 Å². The van der Waals surface area contributed by atoms with Crippen LogP contribution in [0, 0.1) is 12.3 Å². The van der Waals surface area contributed by atoms with E-state index < -0.39 is 35.8 Å². The Hall–Kier alpha value is -1.92. The van der Waals surface area contributed by atoms with Crippen LogP contribution in [-0.4, -0.2) is 33.0 Å². The van der Waals surface area contributed by atoms with E-state index in [0.29, 0.717) is 0 Å². The zero-order valence-corrected chi connectivity index (χ0v) is 10.6. The van der Waals surface area contributed by atoms with Gasteiger partial charge >= 0.3 is 5.69 Å². The molecule has 108 valence electrons. The Labute approximate surface area is 114 Å². The molecule has 1 aromatic rings. The fraction of sp³-hybridized carbons (Fsp3) is 0.500. The Morgan fingerprint density at radius 3 is 3.05 bits per heavy atom. The minimum absolute atomic E-state index is 0.168. The van der Waals surface area contributed by atoms with Crippen LogP contribution in [-0.2, 0) is 9.57 Å². The molecule has 1 saturated heterocycles. The molecule has 4 N–H and O–H groups in total. The van der Waals surface area contributed by atoms with Gasteiger partial charge in [0.2, 0.25) is 0 Å². The minimum Gasteiger partial charge on any atom is -0.390 e. The van der Waals surface area contributed by atoms with E-state index in [1.54, 1.807) is 0 Å². The van der Waals surface area contributed by atoms with Gasteiger partial charge in [0.15, 0.2) is 0 Å². The van der Waals surface area contributed by atoms with Crippen LogP contribution in [0.25, 0.3) is 0 Å². The maximum absolute atomic E-state index is 11.7. The molecule has 0 amide bonds. The number of aromatic amines is 1. The summed E-state index contributed by atoms with van der Waals surface area (Å²) in [6, 6.07) is 1.20. The Morgan fingerprint density at radius 2 is 2.45 bits per heavy atom. The van der Waals surface area contributed by atoms with Gasteiger partial charge in [0.05, 0.1) is 6.10 Å². The van der Waals surface area contributed by atoms with Gasteiger partial charge in [0, 0.05) is 25.1 Å². The summed E-state index contributed by atoms with van der Waals surface area (Å²) < 4.78 is 6.76. The summed E-state index contributed by atoms with van der Waals surface area (Å²) in [5.41, 5.74) is -1.12. The molecule has 0 radical (unpaired) electrons. The van der Waals surface area contributed by atoms with Crippen LogP contribution in [0.4, 0.5) is 0 Å². The average Bonchev–Trinajstić information content (AvgIpc) is 2.77. The third-order valence-corrected chi connectivity index (χ3v) is 3.16. The number of aliphatic hydroxyl groups is 1. The first kappa shape index (κ1) is 14.5. The first-order valence-corrected chi connectivity index (χ1v) is 6.00. The summed E-state index contributed by atoms with van der Waals surface area (Å²) in [5, 5.41) is 9.98. The van der Waals surface area contributed by atoms with Crippen molar-refractivity contribution in [2.24, 2.45) is 5.90 Å². The highest BCUT2D eigenvalue weighted by Gasteiger charge is 2.40. The number of hydrogen-bond donors (Lipinski definition) is 3. The number of ether oxygens (including phenoxy) is 1. The lowest BCUT2D eigenvalue weighted by molar-refractivity contribution is -0.107. The SMILES string of the molecule is C#CCC(ON)[C@H]1O[C@@H](n2ccc(=O)[nH]c2=O)C[C@@H]1O. The number of terminal acetylenes is 1. The van der Waals surface area contributed by atoms with E-state index in [9.17, 15) is 14.7 Å². The summed E-state index contributed by atoms with van der Waals surface area (Å²) in [7, 11) is 0. The standard InChI is InChI=1S/C12H15N3O5/c1-2-3-8(20-13)11-7(16)6-10(19-11)15-5-4-9(17)14-12(15)18/h1,4-5,7-8,10-11,16H,3,6,13H2,(H,14,17,18)/t7-,8?,10+,11-/m0/s1. The zero-order chi connectivity index (χ0) is 14.7. The van der Waals surface area contributed by atoms with Gasteiger partial charge in [-0.25, -0.2) is 10.7 Å². The Bertz CT molecular complexity index is 616. The molecular formula is C12H15N3O5. The largest absolute Gasteiger partial charge is 0.390 e. The van der Waals surface area contributed by atoms with Gasteiger partial charge in [-0.2, -0.15) is 0 Å². The van der Waals surface area contributed by atoms with Crippen LogP contribution < -0.4 is 17.1 Å². The van der Waals surface area contributed by atoms with Gasteiger partial charge in [-0.05, 0) is 0 Å². The second-order valence-electron chi connectivity index (χ2n) is 4.46. The summed E-state index contributed by atoms with van der Waals surface area (Å²) in [6.45, 7) is 0. The van der Waals surface area contributed by atoms with E-state index in [1.807, 2.05) is 0 Å². The van der Waals surface area contributed by atoms with Gasteiger partial charge in [0.25, 0.3) is 5.56 Å². The first-order valence-electron chi connectivity index (χ1n) is 6.00. The number of hydrogen-bond acceptors (Lipinski definition) is 6. The Kier molecular flexibility index (Phi) is 4.36. The van der Waals surface area contributed by atoms with E-state index in [2.05, 4.69) is 10.9 Å². The van der Waals surface area contributed by atoms with Crippen molar-refractivity contribution >= 4 is 0 Å². The summed E-state index contributed by atoms with van der Waals surface area (Å²) >= 11 is 0. The zero-order valence-electron chi connectivity index (χ0n) is 10.6. The highest BCUT2D eigenvalue weighted by molar-refractivity contribution is 4.95. The van der Waals surface area contributed by atoms with Gasteiger partial charge in [-0.15, -0.1) is 12.3 Å². The molecule has 0 aliphatic carbocycles. The molecule has 1 aliphatic heterocycles. The maximum atomic E-state index is 11.7. The second-order valence-corrected chi connectivity index (χ2v) is 4.46. The Balaban J connectivity index is 2.20. The molecule has 1 aliphatic rings. The monoisotopic (exact) mass is 281 g/mol. The van der Waals surface area contributed by atoms with Crippen molar-refractivity contribution in [2.75, 3.05) is 0 Å². The predicted octanol–water partition coefficient (Wildman–Crippen LogP) is -1.53. The molecule has 0 saturated carbocycles. The van der Waals surface area contributed by atoms with Crippen LogP contribution in [0.15, 0.2) is 21.9 Å². The number of H-pyrrole nitrogens is 1. The summed E-state index contributed by atoms with van der Waals surface area (Å²) in [6.07, 6.45) is 3.84. The number of aromatic nitrogens is 2. The van der Waals surface area contributed by atoms with Crippen molar-refractivity contribution in [2.45, 2.75) is 37.4 Å². The summed E-state index contributed by atoms with van der Waals surface area (Å²) in [4.78, 5) is 29.5. The molecule has 0 aromatic carbocycles. The molecule has 1 fully saturated rings. The van der Waals surface area contributed by atoms with Crippen molar-refractivity contribution in [1.29, 1.82) is 0 Å². The topological polar surface area (TPSA) is 120 Å². The third-order valence-electron chi connectivity index (χ3n) is 3.16. The smallest absolute Gasteiger partial charge is 0.330 e. The van der Waals surface area contributed by atoms with Gasteiger partial charge in [-0.1, -0.05) is 0 Å². The van der Waals surface area contributed by atoms with Crippen molar-refractivity contribution in [3.63, 3.8) is 0 Å². The molecule has 4 atom stereocenters. The highest BCUT2D eigenvalue weighted by atomic mass is 16.6. The minimum atomic E-state index is -0.874. The fourth-order valence-electron chi connectivity index (χ4n) is 2.19. The molecule has 1 aromatic heterocycles. The quantitative estimate of drug-likeness (QED) is 0.455. The Morgan fingerprint density at radius 1 is 1.70 bits per heavy atom. The van der Waals surface area contributed by atoms with Gasteiger partial charge < -0.3 is 9.84 Å². The first-order chi connectivity index (χ1) is 9.56.